The summed E-state index contributed by atoms with van der Waals surface area (Å²) >= 11 is 12.5. The summed E-state index contributed by atoms with van der Waals surface area (Å²) in [6, 6.07) is 4.01. The van der Waals surface area contributed by atoms with Crippen LogP contribution in [-0.2, 0) is 4.79 Å². The Hall–Kier alpha value is -4.22. The smallest absolute Gasteiger partial charge is 0.354 e. The van der Waals surface area contributed by atoms with Gasteiger partial charge in [-0.05, 0) is 42.7 Å². The quantitative estimate of drug-likeness (QED) is 0.171. The summed E-state index contributed by atoms with van der Waals surface area (Å²) in [6.07, 6.45) is 2.92. The van der Waals surface area contributed by atoms with Crippen molar-refractivity contribution in [3.8, 4) is 16.8 Å². The number of anilines is 3. The van der Waals surface area contributed by atoms with E-state index in [1.165, 1.54) is 16.7 Å². The van der Waals surface area contributed by atoms with Gasteiger partial charge in [-0.25, -0.2) is 13.6 Å². The number of nitrogens with two attached hydrogens (primary N) is 1. The van der Waals surface area contributed by atoms with Gasteiger partial charge < -0.3 is 20.4 Å². The number of likely N-dealkylation sites (N-methyl/N-ethyl adjacent to an activating group) is 1. The van der Waals surface area contributed by atoms with E-state index in [1.54, 1.807) is 29.1 Å². The predicted octanol–water partition coefficient (Wildman–Crippen LogP) is 5.70. The molecule has 0 aliphatic carbocycles. The molecular weight excluding hydrogens is 623 g/mol. The van der Waals surface area contributed by atoms with Crippen LogP contribution in [0, 0.1) is 18.6 Å². The maximum absolute atomic E-state index is 17.0. The minimum Gasteiger partial charge on any atom is -0.397 e. The average Bonchev–Trinajstić information content (AvgIpc) is 3.12. The van der Waals surface area contributed by atoms with Crippen LogP contribution < -0.4 is 21.2 Å². The molecule has 6 rings (SSSR count). The molecule has 13 heteroatoms. The number of pyridine rings is 1. The van der Waals surface area contributed by atoms with E-state index in [9.17, 15) is 9.59 Å². The van der Waals surface area contributed by atoms with Crippen molar-refractivity contribution in [3.05, 3.63) is 80.5 Å². The van der Waals surface area contributed by atoms with Gasteiger partial charge in [-0.3, -0.25) is 14.3 Å². The Balaban J connectivity index is 1.77. The standard InChI is InChI=1S/C32H31Cl2F2N7O2/c1-6-22(44)41-9-10-42-17(14-41)13-40(5)30-24-21(11-18(25(30)35)23-26(36)19(33)12-20(34)27(23)37)43(32(45)39-31(24)42)29-16(4)7-8-38-28(29)15(2)3/h6-8,11-12,15,17H,1,9-10,13-14,37H2,2-5H3. The fourth-order valence-electron chi connectivity index (χ4n) is 6.48. The largest absolute Gasteiger partial charge is 0.397 e. The van der Waals surface area contributed by atoms with Crippen LogP contribution in [0.5, 0.6) is 0 Å². The molecule has 2 aromatic heterocycles. The predicted molar refractivity (Wildman–Crippen MR) is 175 cm³/mol. The Morgan fingerprint density at radius 3 is 2.56 bits per heavy atom. The van der Waals surface area contributed by atoms with Gasteiger partial charge in [-0.1, -0.05) is 43.6 Å². The number of rotatable bonds is 4. The monoisotopic (exact) mass is 653 g/mol. The lowest BCUT2D eigenvalue weighted by Crippen LogP contribution is -2.57. The van der Waals surface area contributed by atoms with Crippen LogP contribution in [0.4, 0.5) is 26.0 Å². The molecule has 2 aliphatic rings. The molecule has 234 valence electrons. The van der Waals surface area contributed by atoms with E-state index in [2.05, 4.69) is 16.5 Å². The summed E-state index contributed by atoms with van der Waals surface area (Å²) in [5, 5.41) is -0.0170. The fraction of sp³-hybridized carbons (Fsp3) is 0.312. The van der Waals surface area contributed by atoms with Crippen molar-refractivity contribution in [2.75, 3.05) is 48.8 Å². The SMILES string of the molecule is C=CC(=O)N1CCN2c3nc(=O)n(-c4c(C)ccnc4C(C)C)c4cc(-c5c(N)c(Cl)cc(Cl)c5F)c(F)c(c34)N(C)CC2C1. The number of nitrogens with zero attached hydrogens (tertiary/aromatic N) is 6. The Kier molecular flexibility index (Phi) is 7.73. The van der Waals surface area contributed by atoms with Gasteiger partial charge in [0.25, 0.3) is 0 Å². The second-order valence-corrected chi connectivity index (χ2v) is 12.5. The third-order valence-corrected chi connectivity index (χ3v) is 9.17. The van der Waals surface area contributed by atoms with Crippen molar-refractivity contribution >= 4 is 57.2 Å². The molecule has 2 aliphatic heterocycles. The Labute approximate surface area is 268 Å². The van der Waals surface area contributed by atoms with Gasteiger partial charge in [0.2, 0.25) is 5.91 Å². The summed E-state index contributed by atoms with van der Waals surface area (Å²) in [6.45, 7) is 10.6. The maximum atomic E-state index is 17.0. The first-order valence-corrected chi connectivity index (χ1v) is 15.2. The first kappa shape index (κ1) is 30.8. The van der Waals surface area contributed by atoms with Gasteiger partial charge in [-0.15, -0.1) is 0 Å². The topological polar surface area (TPSA) is 101 Å². The lowest BCUT2D eigenvalue weighted by molar-refractivity contribution is -0.126. The average molecular weight is 655 g/mol. The highest BCUT2D eigenvalue weighted by atomic mass is 35.5. The second-order valence-electron chi connectivity index (χ2n) is 11.7. The number of halogens is 4. The summed E-state index contributed by atoms with van der Waals surface area (Å²) in [4.78, 5) is 41.2. The van der Waals surface area contributed by atoms with E-state index in [0.29, 0.717) is 36.4 Å². The van der Waals surface area contributed by atoms with Crippen molar-refractivity contribution in [1.29, 1.82) is 0 Å². The van der Waals surface area contributed by atoms with Gasteiger partial charge >= 0.3 is 5.69 Å². The van der Waals surface area contributed by atoms with Crippen LogP contribution in [0.15, 0.2) is 41.8 Å². The molecule has 1 atom stereocenters. The first-order valence-electron chi connectivity index (χ1n) is 14.4. The molecule has 1 fully saturated rings. The molecule has 4 aromatic rings. The zero-order valence-electron chi connectivity index (χ0n) is 25.2. The highest BCUT2D eigenvalue weighted by molar-refractivity contribution is 6.37. The molecule has 4 heterocycles. The van der Waals surface area contributed by atoms with Crippen molar-refractivity contribution in [1.82, 2.24) is 19.4 Å². The third kappa shape index (κ3) is 4.80. The summed E-state index contributed by atoms with van der Waals surface area (Å²) in [5.41, 5.74) is 7.17. The van der Waals surface area contributed by atoms with Crippen LogP contribution in [0.1, 0.15) is 31.0 Å². The number of benzene rings is 2. The number of aryl methyl sites for hydroxylation is 1. The zero-order chi connectivity index (χ0) is 32.5. The van der Waals surface area contributed by atoms with Gasteiger partial charge in [0.15, 0.2) is 11.6 Å². The zero-order valence-corrected chi connectivity index (χ0v) is 26.7. The summed E-state index contributed by atoms with van der Waals surface area (Å²) in [5.74, 6) is -1.76. The van der Waals surface area contributed by atoms with Crippen molar-refractivity contribution in [2.45, 2.75) is 32.7 Å². The molecule has 1 unspecified atom stereocenters. The lowest BCUT2D eigenvalue weighted by atomic mass is 9.97. The van der Waals surface area contributed by atoms with Crippen molar-refractivity contribution in [2.24, 2.45) is 0 Å². The summed E-state index contributed by atoms with van der Waals surface area (Å²) < 4.78 is 34.2. The van der Waals surface area contributed by atoms with Gasteiger partial charge in [0.05, 0.1) is 49.7 Å². The molecule has 0 saturated carbocycles. The highest BCUT2D eigenvalue weighted by Gasteiger charge is 2.38. The van der Waals surface area contributed by atoms with Crippen LogP contribution in [0.25, 0.3) is 27.7 Å². The number of hydrogen-bond donors (Lipinski definition) is 1. The number of aromatic nitrogens is 3. The Morgan fingerprint density at radius 1 is 1.13 bits per heavy atom. The van der Waals surface area contributed by atoms with Crippen molar-refractivity contribution < 1.29 is 13.6 Å². The van der Waals surface area contributed by atoms with E-state index in [0.717, 1.165) is 11.6 Å². The van der Waals surface area contributed by atoms with Gasteiger partial charge in [-0.2, -0.15) is 4.98 Å². The number of piperazine rings is 1. The number of carbonyl (C=O) groups excluding carboxylic acids is 1. The molecule has 2 aromatic carbocycles. The lowest BCUT2D eigenvalue weighted by Gasteiger charge is -2.41. The van der Waals surface area contributed by atoms with Crippen LogP contribution in [-0.4, -0.2) is 64.6 Å². The van der Waals surface area contributed by atoms with Crippen LogP contribution >= 0.6 is 23.2 Å². The normalized spacial score (nSPS) is 16.3. The first-order chi connectivity index (χ1) is 21.3. The fourth-order valence-corrected chi connectivity index (χ4v) is 6.94. The molecule has 1 amide bonds. The molecular formula is C32H31Cl2F2N7O2. The van der Waals surface area contributed by atoms with E-state index in [-0.39, 0.29) is 68.3 Å². The molecule has 0 bridgehead atoms. The minimum absolute atomic E-state index is 0.0442. The number of carbonyl (C=O) groups is 1. The summed E-state index contributed by atoms with van der Waals surface area (Å²) in [7, 11) is 1.71. The van der Waals surface area contributed by atoms with Gasteiger partial charge in [0.1, 0.15) is 5.82 Å². The Bertz CT molecular complexity index is 1950. The van der Waals surface area contributed by atoms with Crippen molar-refractivity contribution in [3.63, 3.8) is 0 Å². The third-order valence-electron chi connectivity index (χ3n) is 8.59. The van der Waals surface area contributed by atoms with E-state index >= 15 is 8.78 Å². The second kappa shape index (κ2) is 11.3. The van der Waals surface area contributed by atoms with E-state index in [1.807, 2.05) is 25.7 Å². The molecule has 1 saturated heterocycles. The van der Waals surface area contributed by atoms with Crippen LogP contribution in [0.2, 0.25) is 10.0 Å². The molecule has 0 spiro atoms. The number of amides is 1. The number of nitrogen functional groups attached to an aromatic ring is 1. The molecule has 2 N–H and O–H groups in total. The highest BCUT2D eigenvalue weighted by Crippen LogP contribution is 2.47. The number of fused-ring (bicyclic) bond motifs is 2. The molecule has 9 nitrogen and oxygen atoms in total. The number of hydrogen-bond acceptors (Lipinski definition) is 7. The van der Waals surface area contributed by atoms with E-state index in [4.69, 9.17) is 28.9 Å². The van der Waals surface area contributed by atoms with E-state index < -0.39 is 17.3 Å². The maximum Gasteiger partial charge on any atom is 0.354 e. The minimum atomic E-state index is -0.945. The van der Waals surface area contributed by atoms with Crippen LogP contribution in [0.3, 0.4) is 0 Å². The molecule has 0 radical (unpaired) electrons. The molecule has 45 heavy (non-hydrogen) atoms. The van der Waals surface area contributed by atoms with Gasteiger partial charge in [0, 0.05) is 50.6 Å². The Morgan fingerprint density at radius 2 is 1.87 bits per heavy atom.